The first-order chi connectivity index (χ1) is 11.8. The second-order valence-corrected chi connectivity index (χ2v) is 6.84. The van der Waals surface area contributed by atoms with Gasteiger partial charge in [0.25, 0.3) is 5.91 Å². The number of aromatic nitrogens is 4. The number of imidazole rings is 1. The van der Waals surface area contributed by atoms with E-state index in [-0.39, 0.29) is 5.91 Å². The maximum absolute atomic E-state index is 12.2. The second-order valence-electron chi connectivity index (χ2n) is 6.84. The third-order valence-corrected chi connectivity index (χ3v) is 4.75. The molecule has 3 heterocycles. The maximum Gasteiger partial charge on any atom is 0.252 e. The highest BCUT2D eigenvalue weighted by molar-refractivity contribution is 5.93. The van der Waals surface area contributed by atoms with Gasteiger partial charge in [-0.15, -0.1) is 0 Å². The standard InChI is InChI=1S/C17H22N6O/c24-17(15-3-4-20-21-8-15)19-7-14-10-22(9-13-1-2-13)12-16-18-5-6-23(16)11-14/h3-6,8,13-14H,1-2,7,9-12H2,(H,19,24). The van der Waals surface area contributed by atoms with Crippen molar-refractivity contribution >= 4 is 5.91 Å². The van der Waals surface area contributed by atoms with Gasteiger partial charge in [0.2, 0.25) is 0 Å². The summed E-state index contributed by atoms with van der Waals surface area (Å²) in [5.74, 6) is 2.26. The van der Waals surface area contributed by atoms with Crippen LogP contribution in [0.5, 0.6) is 0 Å². The number of carbonyl (C=O) groups is 1. The van der Waals surface area contributed by atoms with Crippen molar-refractivity contribution in [3.8, 4) is 0 Å². The van der Waals surface area contributed by atoms with Gasteiger partial charge in [-0.1, -0.05) is 0 Å². The number of rotatable bonds is 5. The van der Waals surface area contributed by atoms with E-state index in [4.69, 9.17) is 0 Å². The number of nitrogens with zero attached hydrogens (tertiary/aromatic N) is 5. The molecule has 7 nitrogen and oxygen atoms in total. The fraction of sp³-hybridized carbons (Fsp3) is 0.529. The fourth-order valence-corrected chi connectivity index (χ4v) is 3.32. The van der Waals surface area contributed by atoms with Gasteiger partial charge in [-0.05, 0) is 24.8 Å². The Bertz CT molecular complexity index is 696. The molecule has 4 rings (SSSR count). The van der Waals surface area contributed by atoms with Crippen LogP contribution in [-0.4, -0.2) is 50.2 Å². The predicted octanol–water partition coefficient (Wildman–Crippen LogP) is 0.945. The van der Waals surface area contributed by atoms with E-state index in [1.54, 1.807) is 6.07 Å². The molecule has 1 unspecified atom stereocenters. The molecule has 1 aliphatic carbocycles. The van der Waals surface area contributed by atoms with Crippen molar-refractivity contribution in [1.82, 2.24) is 30.0 Å². The van der Waals surface area contributed by atoms with Crippen molar-refractivity contribution in [3.63, 3.8) is 0 Å². The van der Waals surface area contributed by atoms with Crippen molar-refractivity contribution in [2.75, 3.05) is 19.6 Å². The van der Waals surface area contributed by atoms with Crippen LogP contribution in [0.25, 0.3) is 0 Å². The van der Waals surface area contributed by atoms with E-state index in [0.29, 0.717) is 18.0 Å². The first kappa shape index (κ1) is 15.3. The van der Waals surface area contributed by atoms with Gasteiger partial charge in [-0.2, -0.15) is 10.2 Å². The second kappa shape index (κ2) is 6.68. The molecule has 2 aromatic rings. The summed E-state index contributed by atoms with van der Waals surface area (Å²) in [6.45, 7) is 4.59. The number of nitrogens with one attached hydrogen (secondary N) is 1. The summed E-state index contributed by atoms with van der Waals surface area (Å²) in [5.41, 5.74) is 0.553. The normalized spacial score (nSPS) is 21.1. The summed E-state index contributed by atoms with van der Waals surface area (Å²) < 4.78 is 2.22. The minimum absolute atomic E-state index is 0.0891. The Kier molecular flexibility index (Phi) is 4.25. The highest BCUT2D eigenvalue weighted by atomic mass is 16.1. The largest absolute Gasteiger partial charge is 0.352 e. The Morgan fingerprint density at radius 2 is 2.12 bits per heavy atom. The zero-order valence-corrected chi connectivity index (χ0v) is 13.6. The third-order valence-electron chi connectivity index (χ3n) is 4.75. The lowest BCUT2D eigenvalue weighted by atomic mass is 10.1. The topological polar surface area (TPSA) is 75.9 Å². The molecule has 2 aliphatic rings. The molecule has 1 atom stereocenters. The molecule has 1 N–H and O–H groups in total. The van der Waals surface area contributed by atoms with Gasteiger partial charge in [0.1, 0.15) is 5.82 Å². The Hall–Kier alpha value is -2.28. The lowest BCUT2D eigenvalue weighted by Gasteiger charge is -2.23. The Balaban J connectivity index is 1.40. The smallest absolute Gasteiger partial charge is 0.252 e. The van der Waals surface area contributed by atoms with Crippen molar-refractivity contribution in [2.24, 2.45) is 11.8 Å². The zero-order valence-electron chi connectivity index (χ0n) is 13.6. The van der Waals surface area contributed by atoms with Crippen molar-refractivity contribution in [3.05, 3.63) is 42.2 Å². The molecule has 1 saturated carbocycles. The Morgan fingerprint density at radius 3 is 2.92 bits per heavy atom. The first-order valence-corrected chi connectivity index (χ1v) is 8.55. The molecular weight excluding hydrogens is 304 g/mol. The monoisotopic (exact) mass is 326 g/mol. The van der Waals surface area contributed by atoms with E-state index in [0.717, 1.165) is 37.9 Å². The molecule has 1 aliphatic heterocycles. The first-order valence-electron chi connectivity index (χ1n) is 8.55. The highest BCUT2D eigenvalue weighted by Gasteiger charge is 2.28. The number of hydrogen-bond acceptors (Lipinski definition) is 5. The number of amides is 1. The van der Waals surface area contributed by atoms with E-state index < -0.39 is 0 Å². The Labute approximate surface area is 141 Å². The molecule has 0 spiro atoms. The molecule has 126 valence electrons. The van der Waals surface area contributed by atoms with E-state index in [1.165, 1.54) is 25.2 Å². The van der Waals surface area contributed by atoms with Crippen LogP contribution in [0.2, 0.25) is 0 Å². The van der Waals surface area contributed by atoms with Crippen LogP contribution in [0, 0.1) is 11.8 Å². The molecule has 24 heavy (non-hydrogen) atoms. The molecule has 0 radical (unpaired) electrons. The summed E-state index contributed by atoms with van der Waals surface area (Å²) in [6.07, 6.45) is 9.64. The zero-order chi connectivity index (χ0) is 16.4. The molecule has 0 bridgehead atoms. The SMILES string of the molecule is O=C(NCC1CN(CC2CC2)Cc2nccn2C1)c1ccnnc1. The predicted molar refractivity (Wildman–Crippen MR) is 88.1 cm³/mol. The van der Waals surface area contributed by atoms with E-state index >= 15 is 0 Å². The number of carbonyl (C=O) groups excluding carboxylic acids is 1. The van der Waals surface area contributed by atoms with Gasteiger partial charge in [0.15, 0.2) is 0 Å². The van der Waals surface area contributed by atoms with Gasteiger partial charge in [0.05, 0.1) is 24.5 Å². The van der Waals surface area contributed by atoms with E-state index in [1.807, 2.05) is 12.4 Å². The minimum atomic E-state index is -0.0891. The maximum atomic E-state index is 12.2. The summed E-state index contributed by atoms with van der Waals surface area (Å²) in [6, 6.07) is 1.68. The summed E-state index contributed by atoms with van der Waals surface area (Å²) >= 11 is 0. The average Bonchev–Trinajstić information content (AvgIpc) is 3.35. The molecule has 2 aromatic heterocycles. The van der Waals surface area contributed by atoms with Gasteiger partial charge >= 0.3 is 0 Å². The van der Waals surface area contributed by atoms with Gasteiger partial charge < -0.3 is 9.88 Å². The molecule has 1 amide bonds. The fourth-order valence-electron chi connectivity index (χ4n) is 3.32. The number of fused-ring (bicyclic) bond motifs is 1. The molecule has 1 fully saturated rings. The lowest BCUT2D eigenvalue weighted by molar-refractivity contribution is 0.0940. The molecule has 0 saturated heterocycles. The quantitative estimate of drug-likeness (QED) is 0.885. The van der Waals surface area contributed by atoms with Gasteiger partial charge in [0, 0.05) is 44.5 Å². The lowest BCUT2D eigenvalue weighted by Crippen LogP contribution is -2.37. The minimum Gasteiger partial charge on any atom is -0.352 e. The van der Waals surface area contributed by atoms with Crippen molar-refractivity contribution < 1.29 is 4.79 Å². The summed E-state index contributed by atoms with van der Waals surface area (Å²) in [5, 5.41) is 10.5. The van der Waals surface area contributed by atoms with Crippen molar-refractivity contribution in [2.45, 2.75) is 25.9 Å². The van der Waals surface area contributed by atoms with Crippen LogP contribution >= 0.6 is 0 Å². The number of hydrogen-bond donors (Lipinski definition) is 1. The van der Waals surface area contributed by atoms with E-state index in [9.17, 15) is 4.79 Å². The molecule has 7 heteroatoms. The molecular formula is C17H22N6O. The summed E-state index contributed by atoms with van der Waals surface area (Å²) in [4.78, 5) is 19.2. The van der Waals surface area contributed by atoms with Crippen LogP contribution in [0.3, 0.4) is 0 Å². The Morgan fingerprint density at radius 1 is 1.21 bits per heavy atom. The van der Waals surface area contributed by atoms with Crippen LogP contribution in [0.1, 0.15) is 29.0 Å². The van der Waals surface area contributed by atoms with Crippen LogP contribution < -0.4 is 5.32 Å². The van der Waals surface area contributed by atoms with Gasteiger partial charge in [-0.3, -0.25) is 9.69 Å². The average molecular weight is 326 g/mol. The van der Waals surface area contributed by atoms with E-state index in [2.05, 4.69) is 30.0 Å². The highest BCUT2D eigenvalue weighted by Crippen LogP contribution is 2.31. The van der Waals surface area contributed by atoms with Crippen LogP contribution in [-0.2, 0) is 13.1 Å². The summed E-state index contributed by atoms with van der Waals surface area (Å²) in [7, 11) is 0. The van der Waals surface area contributed by atoms with Crippen LogP contribution in [0.4, 0.5) is 0 Å². The van der Waals surface area contributed by atoms with Crippen LogP contribution in [0.15, 0.2) is 30.9 Å². The third kappa shape index (κ3) is 3.62. The molecule has 0 aromatic carbocycles. The van der Waals surface area contributed by atoms with Crippen molar-refractivity contribution in [1.29, 1.82) is 0 Å². The van der Waals surface area contributed by atoms with Gasteiger partial charge in [-0.25, -0.2) is 4.98 Å².